The summed E-state index contributed by atoms with van der Waals surface area (Å²) in [6.07, 6.45) is -1.12. The van der Waals surface area contributed by atoms with Crippen LogP contribution in [0.1, 0.15) is 11.8 Å². The number of rotatable bonds is 5. The van der Waals surface area contributed by atoms with E-state index in [9.17, 15) is 15.3 Å². The first-order valence-corrected chi connectivity index (χ1v) is 10.3. The van der Waals surface area contributed by atoms with Crippen LogP contribution in [0, 0.1) is 3.57 Å². The monoisotopic (exact) mass is 500 g/mol. The van der Waals surface area contributed by atoms with Crippen LogP contribution in [-0.4, -0.2) is 59.8 Å². The van der Waals surface area contributed by atoms with Gasteiger partial charge in [0.2, 0.25) is 0 Å². The third kappa shape index (κ3) is 3.57. The Labute approximate surface area is 172 Å². The van der Waals surface area contributed by atoms with Crippen LogP contribution in [0.4, 0.5) is 0 Å². The molecule has 0 aliphatic carbocycles. The number of hydrogen-bond acceptors (Lipinski definition) is 8. The van der Waals surface area contributed by atoms with Crippen molar-refractivity contribution >= 4 is 45.5 Å². The van der Waals surface area contributed by atoms with Gasteiger partial charge in [0.05, 0.1) is 12.9 Å². The van der Waals surface area contributed by atoms with Gasteiger partial charge < -0.3 is 20.1 Å². The van der Waals surface area contributed by atoms with Crippen molar-refractivity contribution in [2.45, 2.75) is 35.3 Å². The van der Waals surface area contributed by atoms with Crippen LogP contribution in [0.25, 0.3) is 11.2 Å². The molecule has 3 heterocycles. The third-order valence-corrected chi connectivity index (χ3v) is 6.52. The predicted molar refractivity (Wildman–Crippen MR) is 107 cm³/mol. The number of hydrogen-bond donors (Lipinski definition) is 3. The van der Waals surface area contributed by atoms with Gasteiger partial charge in [-0.05, 0) is 34.2 Å². The lowest BCUT2D eigenvalue weighted by molar-refractivity contribution is -0.0511. The van der Waals surface area contributed by atoms with Gasteiger partial charge in [0.25, 0.3) is 0 Å². The first kappa shape index (κ1) is 19.0. The van der Waals surface area contributed by atoms with Gasteiger partial charge in [0.15, 0.2) is 11.9 Å². The number of aromatic nitrogens is 4. The molecule has 0 amide bonds. The zero-order valence-electron chi connectivity index (χ0n) is 14.0. The Morgan fingerprint density at radius 3 is 2.70 bits per heavy atom. The van der Waals surface area contributed by atoms with Crippen molar-refractivity contribution < 1.29 is 20.1 Å². The number of aliphatic hydroxyl groups excluding tert-OH is 3. The highest BCUT2D eigenvalue weighted by Crippen LogP contribution is 2.33. The Morgan fingerprint density at radius 2 is 1.96 bits per heavy atom. The Morgan fingerprint density at radius 1 is 1.15 bits per heavy atom. The molecule has 1 fully saturated rings. The Balaban J connectivity index is 1.61. The second kappa shape index (κ2) is 7.97. The zero-order valence-corrected chi connectivity index (χ0v) is 17.0. The van der Waals surface area contributed by atoms with Crippen molar-refractivity contribution in [2.24, 2.45) is 0 Å². The summed E-state index contributed by atoms with van der Waals surface area (Å²) in [6, 6.07) is 8.14. The summed E-state index contributed by atoms with van der Waals surface area (Å²) < 4.78 is 8.33. The van der Waals surface area contributed by atoms with Crippen LogP contribution in [0.15, 0.2) is 41.9 Å². The number of ether oxygens (including phenoxy) is 1. The Hall–Kier alpha value is -1.31. The van der Waals surface area contributed by atoms with Crippen LogP contribution >= 0.6 is 34.4 Å². The average Bonchev–Trinajstić information content (AvgIpc) is 3.23. The van der Waals surface area contributed by atoms with Gasteiger partial charge in [-0.25, -0.2) is 15.0 Å². The molecule has 0 unspecified atom stereocenters. The fraction of sp³-hybridized carbons (Fsp3) is 0.353. The van der Waals surface area contributed by atoms with Gasteiger partial charge in [0.1, 0.15) is 35.2 Å². The van der Waals surface area contributed by atoms with E-state index in [0.29, 0.717) is 11.2 Å². The van der Waals surface area contributed by atoms with Gasteiger partial charge in [-0.2, -0.15) is 0 Å². The molecule has 4 rings (SSSR count). The van der Waals surface area contributed by atoms with Crippen molar-refractivity contribution in [3.05, 3.63) is 46.1 Å². The Bertz CT molecular complexity index is 956. The molecular weight excluding hydrogens is 483 g/mol. The predicted octanol–water partition coefficient (Wildman–Crippen LogP) is 1.33. The van der Waals surface area contributed by atoms with Crippen molar-refractivity contribution in [1.29, 1.82) is 0 Å². The van der Waals surface area contributed by atoms with E-state index in [2.05, 4.69) is 49.7 Å². The second-order valence-electron chi connectivity index (χ2n) is 6.11. The molecule has 142 valence electrons. The summed E-state index contributed by atoms with van der Waals surface area (Å²) in [5, 5.41) is 30.2. The molecule has 3 aromatic rings. The van der Waals surface area contributed by atoms with Crippen LogP contribution < -0.4 is 0 Å². The first-order chi connectivity index (χ1) is 13.1. The van der Waals surface area contributed by atoms with E-state index in [1.807, 2.05) is 12.1 Å². The molecule has 0 spiro atoms. The molecule has 1 aliphatic heterocycles. The molecule has 1 aliphatic rings. The minimum atomic E-state index is -1.18. The molecule has 4 atom stereocenters. The largest absolute Gasteiger partial charge is 0.394 e. The number of benzene rings is 1. The van der Waals surface area contributed by atoms with Crippen LogP contribution in [0.3, 0.4) is 0 Å². The van der Waals surface area contributed by atoms with Gasteiger partial charge in [-0.1, -0.05) is 30.0 Å². The normalized spacial score (nSPS) is 25.3. The first-order valence-electron chi connectivity index (χ1n) is 8.26. The van der Waals surface area contributed by atoms with Crippen LogP contribution in [-0.2, 0) is 10.5 Å². The molecule has 8 nitrogen and oxygen atoms in total. The summed E-state index contributed by atoms with van der Waals surface area (Å²) in [6.45, 7) is -0.382. The average molecular weight is 500 g/mol. The van der Waals surface area contributed by atoms with Crippen LogP contribution in [0.5, 0.6) is 0 Å². The SMILES string of the molecule is OC[C@H]1O[C@@H](n2cnc3c(SCc4ccccc4I)ncnc32)[C@H](O)[C@@H]1O. The van der Waals surface area contributed by atoms with Crippen molar-refractivity contribution in [3.8, 4) is 0 Å². The fourth-order valence-electron chi connectivity index (χ4n) is 2.99. The van der Waals surface area contributed by atoms with E-state index < -0.39 is 24.5 Å². The molecule has 3 N–H and O–H groups in total. The highest BCUT2D eigenvalue weighted by Gasteiger charge is 2.44. The van der Waals surface area contributed by atoms with Crippen molar-refractivity contribution in [2.75, 3.05) is 6.61 Å². The van der Waals surface area contributed by atoms with Crippen molar-refractivity contribution in [1.82, 2.24) is 19.5 Å². The van der Waals surface area contributed by atoms with E-state index in [0.717, 1.165) is 10.8 Å². The van der Waals surface area contributed by atoms with Gasteiger partial charge in [-0.3, -0.25) is 4.57 Å². The minimum Gasteiger partial charge on any atom is -0.394 e. The van der Waals surface area contributed by atoms with E-state index >= 15 is 0 Å². The maximum absolute atomic E-state index is 10.3. The summed E-state index contributed by atoms with van der Waals surface area (Å²) >= 11 is 3.86. The highest BCUT2D eigenvalue weighted by atomic mass is 127. The zero-order chi connectivity index (χ0) is 19.0. The van der Waals surface area contributed by atoms with Gasteiger partial charge in [0, 0.05) is 9.32 Å². The van der Waals surface area contributed by atoms with E-state index in [1.165, 1.54) is 21.8 Å². The van der Waals surface area contributed by atoms with Gasteiger partial charge in [-0.15, -0.1) is 0 Å². The standard InChI is InChI=1S/C17H17IN4O4S/c18-10-4-2-1-3-9(10)6-27-16-12-15(19-7-20-16)22(8-21-12)17-14(25)13(24)11(5-23)26-17/h1-4,7-8,11,13-14,17,23-25H,5-6H2/t11-,13-,14-,17-/m1/s1. The fourth-order valence-corrected chi connectivity index (χ4v) is 4.78. The molecular formula is C17H17IN4O4S. The lowest BCUT2D eigenvalue weighted by atomic mass is 10.1. The molecule has 0 radical (unpaired) electrons. The van der Waals surface area contributed by atoms with E-state index in [4.69, 9.17) is 4.74 Å². The quantitative estimate of drug-likeness (QED) is 0.273. The topological polar surface area (TPSA) is 114 Å². The number of halogens is 1. The second-order valence-corrected chi connectivity index (χ2v) is 8.24. The van der Waals surface area contributed by atoms with Crippen LogP contribution in [0.2, 0.25) is 0 Å². The smallest absolute Gasteiger partial charge is 0.166 e. The molecule has 0 saturated carbocycles. The minimum absolute atomic E-state index is 0.382. The molecule has 1 aromatic carbocycles. The molecule has 2 aromatic heterocycles. The maximum atomic E-state index is 10.3. The summed E-state index contributed by atoms with van der Waals surface area (Å²) in [4.78, 5) is 13.0. The van der Waals surface area contributed by atoms with Crippen molar-refractivity contribution in [3.63, 3.8) is 0 Å². The number of aliphatic hydroxyl groups is 3. The number of fused-ring (bicyclic) bond motifs is 1. The lowest BCUT2D eigenvalue weighted by Gasteiger charge is -2.16. The van der Waals surface area contributed by atoms with E-state index in [-0.39, 0.29) is 6.61 Å². The molecule has 27 heavy (non-hydrogen) atoms. The highest BCUT2D eigenvalue weighted by molar-refractivity contribution is 14.1. The van der Waals surface area contributed by atoms with Gasteiger partial charge >= 0.3 is 0 Å². The van der Waals surface area contributed by atoms with E-state index in [1.54, 1.807) is 16.3 Å². The summed E-state index contributed by atoms with van der Waals surface area (Å²) in [7, 11) is 0. The molecule has 10 heteroatoms. The number of nitrogens with zero attached hydrogens (tertiary/aromatic N) is 4. The molecule has 0 bridgehead atoms. The number of imidazole rings is 1. The summed E-state index contributed by atoms with van der Waals surface area (Å²) in [5.74, 6) is 0.742. The third-order valence-electron chi connectivity index (χ3n) is 4.44. The maximum Gasteiger partial charge on any atom is 0.166 e. The number of thioether (sulfide) groups is 1. The lowest BCUT2D eigenvalue weighted by Crippen LogP contribution is -2.33. The Kier molecular flexibility index (Phi) is 5.62. The molecule has 1 saturated heterocycles. The summed E-state index contributed by atoms with van der Waals surface area (Å²) in [5.41, 5.74) is 2.31.